The lowest BCUT2D eigenvalue weighted by molar-refractivity contribution is 0.133. The number of carbonyl (C=O) groups is 1. The molecule has 0 unspecified atom stereocenters. The van der Waals surface area contributed by atoms with Gasteiger partial charge in [-0.05, 0) is 24.3 Å². The molecule has 0 aliphatic rings. The fraction of sp³-hybridized carbons (Fsp3) is 0.385. The minimum atomic E-state index is -0.359. The Balaban J connectivity index is 2.38. The van der Waals surface area contributed by atoms with E-state index < -0.39 is 0 Å². The van der Waals surface area contributed by atoms with Gasteiger partial charge in [0.15, 0.2) is 5.16 Å². The van der Waals surface area contributed by atoms with Crippen molar-refractivity contribution in [3.8, 4) is 0 Å². The van der Waals surface area contributed by atoms with Crippen LogP contribution < -0.4 is 0 Å². The zero-order valence-corrected chi connectivity index (χ0v) is 11.5. The molecule has 0 aliphatic heterocycles. The van der Waals surface area contributed by atoms with Crippen molar-refractivity contribution in [1.82, 2.24) is 9.55 Å². The summed E-state index contributed by atoms with van der Waals surface area (Å²) in [5.41, 5.74) is 1.60. The van der Waals surface area contributed by atoms with Crippen molar-refractivity contribution >= 4 is 28.9 Å². The topological polar surface area (TPSA) is 44.1 Å². The zero-order chi connectivity index (χ0) is 13.1. The third-order valence-electron chi connectivity index (χ3n) is 2.44. The molecule has 0 spiro atoms. The van der Waals surface area contributed by atoms with Crippen LogP contribution in [0.5, 0.6) is 0 Å². The Morgan fingerprint density at radius 2 is 2.17 bits per heavy atom. The van der Waals surface area contributed by atoms with Crippen LogP contribution in [0.2, 0.25) is 0 Å². The van der Waals surface area contributed by atoms with Gasteiger partial charge in [0.1, 0.15) is 0 Å². The monoisotopic (exact) mass is 264 g/mol. The number of imidazole rings is 1. The molecule has 2 rings (SSSR count). The van der Waals surface area contributed by atoms with Crippen molar-refractivity contribution in [3.05, 3.63) is 24.3 Å². The summed E-state index contributed by atoms with van der Waals surface area (Å²) < 4.78 is 6.80. The highest BCUT2D eigenvalue weighted by molar-refractivity contribution is 7.98. The maximum Gasteiger partial charge on any atom is 0.420 e. The van der Waals surface area contributed by atoms with E-state index >= 15 is 0 Å². The van der Waals surface area contributed by atoms with Gasteiger partial charge in [0.05, 0.1) is 17.6 Å². The van der Waals surface area contributed by atoms with Gasteiger partial charge in [0.25, 0.3) is 0 Å². The average Bonchev–Trinajstić information content (AvgIpc) is 2.74. The second-order valence-corrected chi connectivity index (χ2v) is 5.17. The maximum atomic E-state index is 12.1. The van der Waals surface area contributed by atoms with Crippen molar-refractivity contribution in [2.24, 2.45) is 5.92 Å². The molecule has 18 heavy (non-hydrogen) atoms. The highest BCUT2D eigenvalue weighted by Crippen LogP contribution is 2.22. The Morgan fingerprint density at radius 3 is 2.83 bits per heavy atom. The summed E-state index contributed by atoms with van der Waals surface area (Å²) in [6.45, 7) is 4.43. The number of thioether (sulfide) groups is 1. The minimum Gasteiger partial charge on any atom is -0.449 e. The van der Waals surface area contributed by atoms with Crippen LogP contribution >= 0.6 is 11.8 Å². The predicted molar refractivity (Wildman–Crippen MR) is 73.1 cm³/mol. The normalized spacial score (nSPS) is 11.1. The summed E-state index contributed by atoms with van der Waals surface area (Å²) in [4.78, 5) is 16.5. The fourth-order valence-electron chi connectivity index (χ4n) is 1.62. The van der Waals surface area contributed by atoms with Crippen molar-refractivity contribution in [2.75, 3.05) is 12.9 Å². The molecule has 0 aliphatic carbocycles. The number of nitrogens with zero attached hydrogens (tertiary/aromatic N) is 2. The van der Waals surface area contributed by atoms with E-state index in [4.69, 9.17) is 4.74 Å². The number of para-hydroxylation sites is 2. The summed E-state index contributed by atoms with van der Waals surface area (Å²) in [5.74, 6) is 0.321. The number of fused-ring (bicyclic) bond motifs is 1. The Bertz CT molecular complexity index is 563. The molecule has 0 atom stereocenters. The van der Waals surface area contributed by atoms with Crippen molar-refractivity contribution in [3.63, 3.8) is 0 Å². The van der Waals surface area contributed by atoms with E-state index in [1.54, 1.807) is 0 Å². The number of rotatable bonds is 3. The lowest BCUT2D eigenvalue weighted by Crippen LogP contribution is -2.17. The van der Waals surface area contributed by atoms with E-state index in [0.717, 1.165) is 11.0 Å². The second-order valence-electron chi connectivity index (χ2n) is 4.39. The fourth-order valence-corrected chi connectivity index (χ4v) is 2.16. The van der Waals surface area contributed by atoms with Gasteiger partial charge >= 0.3 is 6.09 Å². The van der Waals surface area contributed by atoms with Gasteiger partial charge in [-0.25, -0.2) is 14.3 Å². The van der Waals surface area contributed by atoms with Gasteiger partial charge in [-0.2, -0.15) is 0 Å². The molecule has 0 saturated carbocycles. The minimum absolute atomic E-state index is 0.321. The molecule has 96 valence electrons. The summed E-state index contributed by atoms with van der Waals surface area (Å²) in [6, 6.07) is 7.56. The first-order valence-electron chi connectivity index (χ1n) is 5.82. The standard InChI is InChI=1S/C13H16N2O2S/c1-9(2)8-17-13(16)15-11-7-5-4-6-10(11)14-12(15)18-3/h4-7,9H,8H2,1-3H3. The molecule has 2 aromatic rings. The number of hydrogen-bond donors (Lipinski definition) is 0. The molecule has 0 amide bonds. The molecule has 0 N–H and O–H groups in total. The number of benzene rings is 1. The highest BCUT2D eigenvalue weighted by Gasteiger charge is 2.17. The first-order chi connectivity index (χ1) is 8.63. The third-order valence-corrected chi connectivity index (χ3v) is 3.07. The van der Waals surface area contributed by atoms with Gasteiger partial charge in [-0.1, -0.05) is 37.7 Å². The summed E-state index contributed by atoms with van der Waals surface area (Å²) in [7, 11) is 0. The van der Waals surface area contributed by atoms with Crippen LogP contribution in [0.4, 0.5) is 4.79 Å². The van der Waals surface area contributed by atoms with Gasteiger partial charge in [-0.15, -0.1) is 0 Å². The van der Waals surface area contributed by atoms with E-state index in [0.29, 0.717) is 17.7 Å². The molecular formula is C13H16N2O2S. The third kappa shape index (κ3) is 2.51. The number of ether oxygens (including phenoxy) is 1. The molecule has 4 nitrogen and oxygen atoms in total. The largest absolute Gasteiger partial charge is 0.449 e. The van der Waals surface area contributed by atoms with Crippen LogP contribution in [0, 0.1) is 5.92 Å². The number of aromatic nitrogens is 2. The Hall–Kier alpha value is -1.49. The van der Waals surface area contributed by atoms with Crippen LogP contribution in [-0.4, -0.2) is 28.5 Å². The highest BCUT2D eigenvalue weighted by atomic mass is 32.2. The lowest BCUT2D eigenvalue weighted by atomic mass is 10.2. The van der Waals surface area contributed by atoms with Gasteiger partial charge in [0.2, 0.25) is 0 Å². The second kappa shape index (κ2) is 5.44. The molecule has 0 radical (unpaired) electrons. The molecule has 1 aromatic heterocycles. The number of carbonyl (C=O) groups excluding carboxylic acids is 1. The van der Waals surface area contributed by atoms with Crippen LogP contribution in [-0.2, 0) is 4.74 Å². The van der Waals surface area contributed by atoms with Gasteiger partial charge < -0.3 is 4.74 Å². The van der Waals surface area contributed by atoms with Gasteiger partial charge in [0, 0.05) is 0 Å². The van der Waals surface area contributed by atoms with Crippen LogP contribution in [0.1, 0.15) is 13.8 Å². The first-order valence-corrected chi connectivity index (χ1v) is 7.04. The van der Waals surface area contributed by atoms with Crippen LogP contribution in [0.3, 0.4) is 0 Å². The Kier molecular flexibility index (Phi) is 3.91. The summed E-state index contributed by atoms with van der Waals surface area (Å²) in [6.07, 6.45) is 1.54. The summed E-state index contributed by atoms with van der Waals surface area (Å²) in [5, 5.41) is 0.657. The molecule has 1 aromatic carbocycles. The van der Waals surface area contributed by atoms with Crippen LogP contribution in [0.25, 0.3) is 11.0 Å². The van der Waals surface area contributed by atoms with Crippen molar-refractivity contribution in [1.29, 1.82) is 0 Å². The van der Waals surface area contributed by atoms with E-state index in [9.17, 15) is 4.79 Å². The molecule has 0 fully saturated rings. The quantitative estimate of drug-likeness (QED) is 0.797. The molecule has 1 heterocycles. The predicted octanol–water partition coefficient (Wildman–Crippen LogP) is 3.40. The maximum absolute atomic E-state index is 12.1. The van der Waals surface area contributed by atoms with E-state index in [1.165, 1.54) is 16.3 Å². The SMILES string of the molecule is CSc1nc2ccccc2n1C(=O)OCC(C)C. The zero-order valence-electron chi connectivity index (χ0n) is 10.7. The van der Waals surface area contributed by atoms with E-state index in [1.807, 2.05) is 44.4 Å². The summed E-state index contributed by atoms with van der Waals surface area (Å²) >= 11 is 1.43. The Labute approximate surface area is 110 Å². The molecule has 5 heteroatoms. The van der Waals surface area contributed by atoms with E-state index in [2.05, 4.69) is 4.98 Å². The van der Waals surface area contributed by atoms with Crippen molar-refractivity contribution < 1.29 is 9.53 Å². The van der Waals surface area contributed by atoms with Crippen molar-refractivity contribution in [2.45, 2.75) is 19.0 Å². The Morgan fingerprint density at radius 1 is 1.44 bits per heavy atom. The molecule has 0 saturated heterocycles. The lowest BCUT2D eigenvalue weighted by Gasteiger charge is -2.09. The number of hydrogen-bond acceptors (Lipinski definition) is 4. The van der Waals surface area contributed by atoms with Crippen LogP contribution in [0.15, 0.2) is 29.4 Å². The molecule has 0 bridgehead atoms. The smallest absolute Gasteiger partial charge is 0.420 e. The van der Waals surface area contributed by atoms with E-state index in [-0.39, 0.29) is 6.09 Å². The molecular weight excluding hydrogens is 248 g/mol. The first kappa shape index (κ1) is 13.0. The van der Waals surface area contributed by atoms with Gasteiger partial charge in [-0.3, -0.25) is 0 Å². The average molecular weight is 264 g/mol.